The number of hydrogen-bond acceptors (Lipinski definition) is 3. The summed E-state index contributed by atoms with van der Waals surface area (Å²) in [5, 5.41) is 2.54. The molecular weight excluding hydrogens is 347 g/mol. The summed E-state index contributed by atoms with van der Waals surface area (Å²) in [5.74, 6) is -0.567. The minimum Gasteiger partial charge on any atom is -0.353 e. The molecule has 0 aromatic heterocycles. The highest BCUT2D eigenvalue weighted by Gasteiger charge is 2.39. The standard InChI is InChI=1S/C14H18F3N3O3S/c1-2-7-19-24(22,23)20-9-8-18-13(21)12(20)10-3-5-11(6-4-10)14(15,16)17/h3-6,12,19H,2,7-9H2,1H3,(H,18,21). The molecule has 0 saturated carbocycles. The summed E-state index contributed by atoms with van der Waals surface area (Å²) >= 11 is 0. The van der Waals surface area contributed by atoms with Crippen molar-refractivity contribution in [2.75, 3.05) is 19.6 Å². The van der Waals surface area contributed by atoms with Gasteiger partial charge in [-0.3, -0.25) is 4.79 Å². The Morgan fingerprint density at radius 2 is 1.92 bits per heavy atom. The maximum atomic E-state index is 12.6. The van der Waals surface area contributed by atoms with Crippen molar-refractivity contribution >= 4 is 16.1 Å². The Bertz CT molecular complexity index is 689. The zero-order valence-corrected chi connectivity index (χ0v) is 13.7. The van der Waals surface area contributed by atoms with E-state index in [4.69, 9.17) is 0 Å². The largest absolute Gasteiger partial charge is 0.416 e. The van der Waals surface area contributed by atoms with Crippen LogP contribution in [0.4, 0.5) is 13.2 Å². The molecule has 24 heavy (non-hydrogen) atoms. The van der Waals surface area contributed by atoms with Gasteiger partial charge in [0.05, 0.1) is 5.56 Å². The van der Waals surface area contributed by atoms with Crippen LogP contribution < -0.4 is 10.0 Å². The van der Waals surface area contributed by atoms with Gasteiger partial charge in [-0.2, -0.15) is 25.9 Å². The number of amides is 1. The molecular formula is C14H18F3N3O3S. The Morgan fingerprint density at radius 3 is 2.46 bits per heavy atom. The lowest BCUT2D eigenvalue weighted by Gasteiger charge is -2.34. The third-order valence-electron chi connectivity index (χ3n) is 3.56. The van der Waals surface area contributed by atoms with E-state index >= 15 is 0 Å². The van der Waals surface area contributed by atoms with E-state index in [1.807, 2.05) is 0 Å². The number of hydrogen-bond donors (Lipinski definition) is 2. The smallest absolute Gasteiger partial charge is 0.353 e. The van der Waals surface area contributed by atoms with E-state index < -0.39 is 33.9 Å². The minimum atomic E-state index is -4.50. The normalized spacial score (nSPS) is 20.0. The number of halogens is 3. The number of alkyl halides is 3. The van der Waals surface area contributed by atoms with Crippen molar-refractivity contribution in [3.05, 3.63) is 35.4 Å². The molecule has 0 radical (unpaired) electrons. The summed E-state index contributed by atoms with van der Waals surface area (Å²) in [6.45, 7) is 2.18. The number of nitrogens with zero attached hydrogens (tertiary/aromatic N) is 1. The Labute approximate surface area is 138 Å². The van der Waals surface area contributed by atoms with Crippen molar-refractivity contribution in [2.45, 2.75) is 25.6 Å². The maximum absolute atomic E-state index is 12.6. The fourth-order valence-corrected chi connectivity index (χ4v) is 3.85. The predicted molar refractivity (Wildman–Crippen MR) is 81.1 cm³/mol. The summed E-state index contributed by atoms with van der Waals surface area (Å²) in [4.78, 5) is 12.1. The number of benzene rings is 1. The van der Waals surface area contributed by atoms with E-state index in [1.165, 1.54) is 0 Å². The van der Waals surface area contributed by atoms with Crippen LogP contribution in [-0.4, -0.2) is 38.3 Å². The number of rotatable bonds is 5. The topological polar surface area (TPSA) is 78.5 Å². The summed E-state index contributed by atoms with van der Waals surface area (Å²) in [6.07, 6.45) is -3.92. The molecule has 1 amide bonds. The van der Waals surface area contributed by atoms with Crippen LogP contribution in [0.2, 0.25) is 0 Å². The van der Waals surface area contributed by atoms with Gasteiger partial charge in [0.25, 0.3) is 10.2 Å². The summed E-state index contributed by atoms with van der Waals surface area (Å²) in [6, 6.07) is 2.72. The zero-order chi connectivity index (χ0) is 18.0. The van der Waals surface area contributed by atoms with Gasteiger partial charge >= 0.3 is 6.18 Å². The average Bonchev–Trinajstić information content (AvgIpc) is 2.52. The molecule has 6 nitrogen and oxygen atoms in total. The molecule has 2 rings (SSSR count). The first-order valence-corrected chi connectivity index (χ1v) is 8.82. The Balaban J connectivity index is 2.34. The molecule has 134 valence electrons. The van der Waals surface area contributed by atoms with Crippen molar-refractivity contribution in [2.24, 2.45) is 0 Å². The molecule has 1 unspecified atom stereocenters. The van der Waals surface area contributed by atoms with Crippen LogP contribution in [0.15, 0.2) is 24.3 Å². The van der Waals surface area contributed by atoms with E-state index in [0.29, 0.717) is 6.42 Å². The number of piperazine rings is 1. The SMILES string of the molecule is CCCNS(=O)(=O)N1CCNC(=O)C1c1ccc(C(F)(F)F)cc1. The third-order valence-corrected chi connectivity index (χ3v) is 5.14. The van der Waals surface area contributed by atoms with Gasteiger partial charge in [-0.15, -0.1) is 0 Å². The van der Waals surface area contributed by atoms with E-state index in [1.54, 1.807) is 6.92 Å². The molecule has 1 aliphatic rings. The maximum Gasteiger partial charge on any atom is 0.416 e. The highest BCUT2D eigenvalue weighted by atomic mass is 32.2. The second-order valence-corrected chi connectivity index (χ2v) is 7.03. The molecule has 0 bridgehead atoms. The quantitative estimate of drug-likeness (QED) is 0.828. The number of carbonyl (C=O) groups is 1. The highest BCUT2D eigenvalue weighted by molar-refractivity contribution is 7.87. The molecule has 1 heterocycles. The summed E-state index contributed by atoms with van der Waals surface area (Å²) in [5.41, 5.74) is -0.678. The van der Waals surface area contributed by atoms with Gasteiger partial charge in [-0.05, 0) is 24.1 Å². The molecule has 1 aromatic carbocycles. The lowest BCUT2D eigenvalue weighted by molar-refractivity contribution is -0.137. The first-order chi connectivity index (χ1) is 11.2. The zero-order valence-electron chi connectivity index (χ0n) is 12.9. The van der Waals surface area contributed by atoms with Gasteiger partial charge in [0.1, 0.15) is 6.04 Å². The van der Waals surface area contributed by atoms with Crippen molar-refractivity contribution in [1.29, 1.82) is 0 Å². The van der Waals surface area contributed by atoms with Crippen LogP contribution in [0.3, 0.4) is 0 Å². The van der Waals surface area contributed by atoms with Crippen LogP contribution in [0.5, 0.6) is 0 Å². The van der Waals surface area contributed by atoms with E-state index in [9.17, 15) is 26.4 Å². The Hall–Kier alpha value is -1.65. The van der Waals surface area contributed by atoms with Gasteiger partial charge < -0.3 is 5.32 Å². The Kier molecular flexibility index (Phi) is 5.51. The van der Waals surface area contributed by atoms with Gasteiger partial charge in [0, 0.05) is 19.6 Å². The number of carbonyl (C=O) groups excluding carboxylic acids is 1. The van der Waals surface area contributed by atoms with Crippen LogP contribution in [0.25, 0.3) is 0 Å². The van der Waals surface area contributed by atoms with Crippen LogP contribution in [0, 0.1) is 0 Å². The molecule has 1 fully saturated rings. The van der Waals surface area contributed by atoms with Gasteiger partial charge in [0.2, 0.25) is 5.91 Å². The molecule has 2 N–H and O–H groups in total. The highest BCUT2D eigenvalue weighted by Crippen LogP contribution is 2.32. The lowest BCUT2D eigenvalue weighted by atomic mass is 10.0. The van der Waals surface area contributed by atoms with Gasteiger partial charge in [-0.25, -0.2) is 4.72 Å². The molecule has 10 heteroatoms. The van der Waals surface area contributed by atoms with Crippen molar-refractivity contribution in [3.63, 3.8) is 0 Å². The van der Waals surface area contributed by atoms with Gasteiger partial charge in [-0.1, -0.05) is 19.1 Å². The van der Waals surface area contributed by atoms with Crippen LogP contribution >= 0.6 is 0 Å². The summed E-state index contributed by atoms with van der Waals surface area (Å²) < 4.78 is 66.0. The molecule has 1 saturated heterocycles. The average molecular weight is 365 g/mol. The molecule has 1 aromatic rings. The monoisotopic (exact) mass is 365 g/mol. The van der Waals surface area contributed by atoms with Crippen molar-refractivity contribution in [3.8, 4) is 0 Å². The first-order valence-electron chi connectivity index (χ1n) is 7.38. The van der Waals surface area contributed by atoms with E-state index in [2.05, 4.69) is 10.0 Å². The fraction of sp³-hybridized carbons (Fsp3) is 0.500. The predicted octanol–water partition coefficient (Wildman–Crippen LogP) is 1.42. The fourth-order valence-electron chi connectivity index (χ4n) is 2.39. The van der Waals surface area contributed by atoms with Gasteiger partial charge in [0.15, 0.2) is 0 Å². The van der Waals surface area contributed by atoms with E-state index in [-0.39, 0.29) is 25.2 Å². The van der Waals surface area contributed by atoms with Crippen molar-refractivity contribution < 1.29 is 26.4 Å². The minimum absolute atomic E-state index is 0.0382. The number of nitrogens with one attached hydrogen (secondary N) is 2. The van der Waals surface area contributed by atoms with Crippen molar-refractivity contribution in [1.82, 2.24) is 14.3 Å². The summed E-state index contributed by atoms with van der Waals surface area (Å²) in [7, 11) is -3.91. The molecule has 1 aliphatic heterocycles. The second-order valence-electron chi connectivity index (χ2n) is 5.32. The van der Waals surface area contributed by atoms with Crippen LogP contribution in [0.1, 0.15) is 30.5 Å². The van der Waals surface area contributed by atoms with E-state index in [0.717, 1.165) is 28.6 Å². The molecule has 1 atom stereocenters. The Morgan fingerprint density at radius 1 is 1.29 bits per heavy atom. The first kappa shape index (κ1) is 18.7. The molecule has 0 aliphatic carbocycles. The third kappa shape index (κ3) is 4.05. The lowest BCUT2D eigenvalue weighted by Crippen LogP contribution is -2.55. The molecule has 0 spiro atoms. The second kappa shape index (κ2) is 7.08. The van der Waals surface area contributed by atoms with Crippen LogP contribution in [-0.2, 0) is 21.2 Å².